The van der Waals surface area contributed by atoms with Crippen molar-refractivity contribution < 1.29 is 43.7 Å². The van der Waals surface area contributed by atoms with E-state index in [9.17, 15) is 5.11 Å². The van der Waals surface area contributed by atoms with Crippen molar-refractivity contribution >= 4 is 0 Å². The van der Waals surface area contributed by atoms with Crippen LogP contribution in [0.4, 0.5) is 0 Å². The van der Waals surface area contributed by atoms with Gasteiger partial charge in [0.2, 0.25) is 0 Å². The average molecular weight is 430 g/mol. The van der Waals surface area contributed by atoms with E-state index in [2.05, 4.69) is 15.0 Å². The Bertz CT molecular complexity index is 733. The molecule has 8 N–H and O–H groups in total. The Balaban J connectivity index is -0.000000661. The molecular weight excluding hydrogens is 412 g/mol. The van der Waals surface area contributed by atoms with Crippen LogP contribution in [0, 0.1) is 15.3 Å². The first kappa shape index (κ1) is 28.6. The van der Waals surface area contributed by atoms with E-state index in [1.807, 2.05) is 36.4 Å². The Morgan fingerprint density at radius 2 is 1.15 bits per heavy atom. The summed E-state index contributed by atoms with van der Waals surface area (Å²) in [5, 5.41) is 26.5. The molecule has 12 heteroatoms. The van der Waals surface area contributed by atoms with Crippen molar-refractivity contribution in [3.63, 3.8) is 0 Å². The van der Waals surface area contributed by atoms with Crippen molar-refractivity contribution in [2.24, 2.45) is 0 Å². The fourth-order valence-electron chi connectivity index (χ4n) is 1.80. The molecule has 149 valence electrons. The standard InChI is InChI=1S/C15H11N3O.Cu.NO3.3H2O/c19-11-9-14(12-5-1-3-7-16-12)18-15(10-11)13-6-2-4-8-17-13;;2-1(3)4;;;/h1-10H,(H,18,19);;;3*1H2/q;+2;-1;;;/p+1. The second-order valence-corrected chi connectivity index (χ2v) is 4.23. The maximum absolute atomic E-state index is 11.8. The minimum atomic E-state index is -1.75. The smallest absolute Gasteiger partial charge is 0.872 e. The third kappa shape index (κ3) is 9.20. The molecule has 11 nitrogen and oxygen atoms in total. The fourth-order valence-corrected chi connectivity index (χ4v) is 1.80. The quantitative estimate of drug-likeness (QED) is 0.221. The van der Waals surface area contributed by atoms with Gasteiger partial charge in [-0.05, 0) is 36.4 Å². The Kier molecular flexibility index (Phi) is 14.9. The summed E-state index contributed by atoms with van der Waals surface area (Å²) in [5.74, 6) is -0.101. The summed E-state index contributed by atoms with van der Waals surface area (Å²) in [6.07, 6.45) is 3.35. The van der Waals surface area contributed by atoms with Gasteiger partial charge >= 0.3 is 17.1 Å². The molecular formula is C15H18CuN4O7+2. The predicted molar refractivity (Wildman–Crippen MR) is 93.9 cm³/mol. The number of aromatic nitrogens is 3. The minimum Gasteiger partial charge on any atom is -0.872 e. The Labute approximate surface area is 163 Å². The Morgan fingerprint density at radius 3 is 1.44 bits per heavy atom. The molecule has 0 saturated heterocycles. The van der Waals surface area contributed by atoms with E-state index in [0.717, 1.165) is 0 Å². The van der Waals surface area contributed by atoms with Crippen LogP contribution in [0.15, 0.2) is 60.9 Å². The molecule has 3 aromatic rings. The largest absolute Gasteiger partial charge is 2.00 e. The molecule has 27 heavy (non-hydrogen) atoms. The summed E-state index contributed by atoms with van der Waals surface area (Å²) < 4.78 is 0. The van der Waals surface area contributed by atoms with Gasteiger partial charge < -0.3 is 36.9 Å². The van der Waals surface area contributed by atoms with Crippen LogP contribution in [0.3, 0.4) is 0 Å². The summed E-state index contributed by atoms with van der Waals surface area (Å²) in [6, 6.07) is 14.0. The summed E-state index contributed by atoms with van der Waals surface area (Å²) in [5.41, 5.74) is 2.48. The number of hydrogen-bond donors (Lipinski definition) is 0. The van der Waals surface area contributed by atoms with E-state index in [1.165, 1.54) is 12.1 Å². The first-order valence-electron chi connectivity index (χ1n) is 6.39. The number of nitrogens with zero attached hydrogens (tertiary/aromatic N) is 4. The Hall–Kier alpha value is -3.15. The maximum atomic E-state index is 11.8. The van der Waals surface area contributed by atoms with Crippen molar-refractivity contribution in [2.45, 2.75) is 0 Å². The SMILES string of the molecule is O.O=[N+]([O-])[O-].[Cu+2].[O-]c1cc(-c2ccccn2)nc(-c2ccccn2)c1.[OH3+].[OH3+]. The topological polar surface area (TPSA) is 225 Å². The van der Waals surface area contributed by atoms with Gasteiger partial charge in [-0.25, -0.2) is 4.98 Å². The number of pyridine rings is 3. The van der Waals surface area contributed by atoms with Gasteiger partial charge in [-0.2, -0.15) is 0 Å². The van der Waals surface area contributed by atoms with Crippen LogP contribution >= 0.6 is 0 Å². The van der Waals surface area contributed by atoms with E-state index >= 15 is 0 Å². The van der Waals surface area contributed by atoms with E-state index in [-0.39, 0.29) is 39.2 Å². The van der Waals surface area contributed by atoms with Gasteiger partial charge in [0, 0.05) is 12.4 Å². The average Bonchev–Trinajstić information content (AvgIpc) is 2.55. The molecule has 0 unspecified atom stereocenters. The van der Waals surface area contributed by atoms with Gasteiger partial charge in [0.25, 0.3) is 0 Å². The van der Waals surface area contributed by atoms with Crippen LogP contribution in [0.2, 0.25) is 0 Å². The summed E-state index contributed by atoms with van der Waals surface area (Å²) in [4.78, 5) is 21.1. The van der Waals surface area contributed by atoms with E-state index in [4.69, 9.17) is 15.3 Å². The first-order valence-corrected chi connectivity index (χ1v) is 6.39. The van der Waals surface area contributed by atoms with Crippen molar-refractivity contribution in [1.82, 2.24) is 15.0 Å². The summed E-state index contributed by atoms with van der Waals surface area (Å²) >= 11 is 0. The van der Waals surface area contributed by atoms with Gasteiger partial charge in [0.1, 0.15) is 0 Å². The molecule has 0 atom stereocenters. The second-order valence-electron chi connectivity index (χ2n) is 4.23. The zero-order valence-corrected chi connectivity index (χ0v) is 14.6. The molecule has 0 aliphatic rings. The Morgan fingerprint density at radius 1 is 0.778 bits per heavy atom. The van der Waals surface area contributed by atoms with E-state index in [1.54, 1.807) is 12.4 Å². The molecule has 0 aliphatic carbocycles. The van der Waals surface area contributed by atoms with Crippen molar-refractivity contribution in [3.8, 4) is 28.5 Å². The van der Waals surface area contributed by atoms with Crippen LogP contribution in [0.1, 0.15) is 0 Å². The zero-order valence-electron chi connectivity index (χ0n) is 13.7. The zero-order chi connectivity index (χ0) is 16.7. The molecule has 0 saturated carbocycles. The fraction of sp³-hybridized carbons (Fsp3) is 0. The number of hydrogen-bond acceptors (Lipinski definition) is 7. The third-order valence-electron chi connectivity index (χ3n) is 2.65. The molecule has 3 rings (SSSR count). The van der Waals surface area contributed by atoms with Crippen LogP contribution in [0.25, 0.3) is 22.8 Å². The normalized spacial score (nSPS) is 8.15. The maximum Gasteiger partial charge on any atom is 2.00 e. The van der Waals surface area contributed by atoms with Crippen molar-refractivity contribution in [3.05, 3.63) is 76.2 Å². The molecule has 0 spiro atoms. The van der Waals surface area contributed by atoms with E-state index in [0.29, 0.717) is 22.8 Å². The molecule has 0 amide bonds. The first-order chi connectivity index (χ1) is 11.1. The molecule has 0 aliphatic heterocycles. The summed E-state index contributed by atoms with van der Waals surface area (Å²) in [6.45, 7) is 0. The molecule has 0 fully saturated rings. The van der Waals surface area contributed by atoms with Crippen LogP contribution in [-0.2, 0) is 28.0 Å². The molecule has 0 bridgehead atoms. The van der Waals surface area contributed by atoms with Gasteiger partial charge in [-0.1, -0.05) is 12.1 Å². The van der Waals surface area contributed by atoms with Crippen LogP contribution < -0.4 is 5.11 Å². The monoisotopic (exact) mass is 429 g/mol. The van der Waals surface area contributed by atoms with Gasteiger partial charge in [-0.3, -0.25) is 9.97 Å². The van der Waals surface area contributed by atoms with Crippen LogP contribution in [-0.4, -0.2) is 25.5 Å². The predicted octanol–water partition coefficient (Wildman–Crippen LogP) is -0.631. The van der Waals surface area contributed by atoms with Crippen molar-refractivity contribution in [2.75, 3.05) is 0 Å². The second kappa shape index (κ2) is 14.1. The van der Waals surface area contributed by atoms with Gasteiger partial charge in [-0.15, -0.1) is 5.75 Å². The van der Waals surface area contributed by atoms with Gasteiger partial charge in [0.15, 0.2) is 0 Å². The van der Waals surface area contributed by atoms with Crippen molar-refractivity contribution in [1.29, 1.82) is 0 Å². The minimum absolute atomic E-state index is 0. The van der Waals surface area contributed by atoms with E-state index < -0.39 is 5.09 Å². The van der Waals surface area contributed by atoms with Gasteiger partial charge in [0.05, 0.1) is 27.9 Å². The third-order valence-corrected chi connectivity index (χ3v) is 2.65. The molecule has 3 heterocycles. The molecule has 1 radical (unpaired) electrons. The number of rotatable bonds is 2. The molecule has 0 aromatic carbocycles. The summed E-state index contributed by atoms with van der Waals surface area (Å²) in [7, 11) is 0. The molecule has 3 aromatic heterocycles. The van der Waals surface area contributed by atoms with Crippen LogP contribution in [0.5, 0.6) is 5.75 Å².